The van der Waals surface area contributed by atoms with Gasteiger partial charge in [0.1, 0.15) is 11.5 Å². The second-order valence-electron chi connectivity index (χ2n) is 7.40. The number of hydrogen-bond donors (Lipinski definition) is 1. The Kier molecular flexibility index (Phi) is 8.16. The third-order valence-corrected chi connectivity index (χ3v) is 4.61. The number of ether oxygens (including phenoxy) is 2. The molecular formula is C23H26F2N2O3. The molecule has 0 fully saturated rings. The van der Waals surface area contributed by atoms with Crippen LogP contribution in [0.3, 0.4) is 0 Å². The van der Waals surface area contributed by atoms with Gasteiger partial charge in [0, 0.05) is 5.56 Å². The predicted octanol–water partition coefficient (Wildman–Crippen LogP) is 5.18. The number of methoxy groups -OCH3 is 1. The smallest absolute Gasteiger partial charge is 0.265 e. The van der Waals surface area contributed by atoms with E-state index in [0.717, 1.165) is 11.6 Å². The van der Waals surface area contributed by atoms with Crippen LogP contribution in [0.15, 0.2) is 42.5 Å². The Hall–Kier alpha value is -3.14. The maximum Gasteiger partial charge on any atom is 0.265 e. The minimum atomic E-state index is -2.81. The summed E-state index contributed by atoms with van der Waals surface area (Å²) in [5.74, 6) is 0.649. The first-order valence-corrected chi connectivity index (χ1v) is 9.68. The van der Waals surface area contributed by atoms with E-state index in [1.807, 2.05) is 45.0 Å². The third kappa shape index (κ3) is 6.18. The summed E-state index contributed by atoms with van der Waals surface area (Å²) < 4.78 is 37.4. The van der Waals surface area contributed by atoms with Gasteiger partial charge < -0.3 is 14.8 Å². The van der Waals surface area contributed by atoms with E-state index < -0.39 is 18.1 Å². The molecule has 0 aliphatic carbocycles. The Morgan fingerprint density at radius 1 is 1.10 bits per heavy atom. The molecule has 2 aromatic rings. The zero-order chi connectivity index (χ0) is 22.3. The molecule has 5 nitrogen and oxygen atoms in total. The number of amides is 1. The Bertz CT molecular complexity index is 892. The average Bonchev–Trinajstić information content (AvgIpc) is 2.72. The van der Waals surface area contributed by atoms with Crippen molar-refractivity contribution >= 4 is 5.91 Å². The number of nitriles is 1. The largest absolute Gasteiger partial charge is 0.497 e. The van der Waals surface area contributed by atoms with Gasteiger partial charge in [-0.3, -0.25) is 4.79 Å². The lowest BCUT2D eigenvalue weighted by atomic mass is 10.0. The zero-order valence-electron chi connectivity index (χ0n) is 17.5. The van der Waals surface area contributed by atoms with Crippen LogP contribution in [0.4, 0.5) is 8.78 Å². The molecule has 1 amide bonds. The molecule has 0 spiro atoms. The van der Waals surface area contributed by atoms with Crippen molar-refractivity contribution in [3.05, 3.63) is 59.2 Å². The first-order valence-electron chi connectivity index (χ1n) is 9.68. The SMILES string of the molecule is COc1ccc(C(C)NC(=O)C(CC(C)C)Oc2ccc(C#N)c(C(F)F)c2)cc1. The number of carbonyl (C=O) groups excluding carboxylic acids is 1. The molecule has 0 heterocycles. The van der Waals surface area contributed by atoms with Crippen LogP contribution >= 0.6 is 0 Å². The summed E-state index contributed by atoms with van der Waals surface area (Å²) >= 11 is 0. The summed E-state index contributed by atoms with van der Waals surface area (Å²) in [6.45, 7) is 5.74. The Morgan fingerprint density at radius 2 is 1.73 bits per heavy atom. The molecule has 0 radical (unpaired) electrons. The first kappa shape index (κ1) is 23.1. The highest BCUT2D eigenvalue weighted by Crippen LogP contribution is 2.28. The lowest BCUT2D eigenvalue weighted by Gasteiger charge is -2.23. The molecule has 0 bridgehead atoms. The van der Waals surface area contributed by atoms with Crippen LogP contribution in [0.25, 0.3) is 0 Å². The molecular weight excluding hydrogens is 390 g/mol. The lowest BCUT2D eigenvalue weighted by Crippen LogP contribution is -2.40. The molecule has 7 heteroatoms. The van der Waals surface area contributed by atoms with E-state index in [1.165, 1.54) is 12.1 Å². The molecule has 30 heavy (non-hydrogen) atoms. The molecule has 2 aromatic carbocycles. The molecule has 0 aromatic heterocycles. The fourth-order valence-electron chi connectivity index (χ4n) is 2.98. The number of carbonyl (C=O) groups is 1. The highest BCUT2D eigenvalue weighted by atomic mass is 19.3. The van der Waals surface area contributed by atoms with E-state index in [4.69, 9.17) is 14.7 Å². The fraction of sp³-hybridized carbons (Fsp3) is 0.391. The molecule has 1 N–H and O–H groups in total. The van der Waals surface area contributed by atoms with Gasteiger partial charge in [-0.25, -0.2) is 8.78 Å². The van der Waals surface area contributed by atoms with Gasteiger partial charge in [-0.2, -0.15) is 5.26 Å². The van der Waals surface area contributed by atoms with E-state index in [-0.39, 0.29) is 29.2 Å². The van der Waals surface area contributed by atoms with Crippen molar-refractivity contribution in [3.63, 3.8) is 0 Å². The fourth-order valence-corrected chi connectivity index (χ4v) is 2.98. The van der Waals surface area contributed by atoms with Gasteiger partial charge in [0.05, 0.1) is 24.8 Å². The van der Waals surface area contributed by atoms with Gasteiger partial charge in [0.15, 0.2) is 6.10 Å². The molecule has 2 rings (SSSR count). The lowest BCUT2D eigenvalue weighted by molar-refractivity contribution is -0.129. The molecule has 0 aliphatic heterocycles. The predicted molar refractivity (Wildman–Crippen MR) is 110 cm³/mol. The van der Waals surface area contributed by atoms with Crippen LogP contribution in [0.2, 0.25) is 0 Å². The molecule has 0 saturated heterocycles. The van der Waals surface area contributed by atoms with Crippen molar-refractivity contribution in [2.24, 2.45) is 5.92 Å². The summed E-state index contributed by atoms with van der Waals surface area (Å²) in [7, 11) is 1.58. The molecule has 160 valence electrons. The monoisotopic (exact) mass is 416 g/mol. The first-order chi connectivity index (χ1) is 14.2. The highest BCUT2D eigenvalue weighted by Gasteiger charge is 2.24. The van der Waals surface area contributed by atoms with Crippen molar-refractivity contribution in [2.75, 3.05) is 7.11 Å². The second kappa shape index (κ2) is 10.6. The van der Waals surface area contributed by atoms with Crippen molar-refractivity contribution in [1.82, 2.24) is 5.32 Å². The number of nitrogens with one attached hydrogen (secondary N) is 1. The number of alkyl halides is 2. The van der Waals surface area contributed by atoms with Crippen molar-refractivity contribution in [1.29, 1.82) is 5.26 Å². The summed E-state index contributed by atoms with van der Waals surface area (Å²) in [5.41, 5.74) is 0.367. The van der Waals surface area contributed by atoms with Gasteiger partial charge in [0.2, 0.25) is 0 Å². The topological polar surface area (TPSA) is 71.3 Å². The van der Waals surface area contributed by atoms with Gasteiger partial charge >= 0.3 is 0 Å². The molecule has 2 atom stereocenters. The van der Waals surface area contributed by atoms with Gasteiger partial charge in [-0.1, -0.05) is 26.0 Å². The standard InChI is InChI=1S/C23H26F2N2O3/c1-14(2)11-21(30-19-10-7-17(13-26)20(12-19)22(24)25)23(28)27-15(3)16-5-8-18(29-4)9-6-16/h5-10,12,14-15,21-22H,11H2,1-4H3,(H,27,28). The van der Waals surface area contributed by atoms with E-state index in [0.29, 0.717) is 12.2 Å². The number of rotatable bonds is 9. The van der Waals surface area contributed by atoms with Gasteiger partial charge in [-0.05, 0) is 55.2 Å². The Labute approximate surface area is 175 Å². The highest BCUT2D eigenvalue weighted by molar-refractivity contribution is 5.81. The minimum absolute atomic E-state index is 0.115. The van der Waals surface area contributed by atoms with Crippen molar-refractivity contribution < 1.29 is 23.0 Å². The third-order valence-electron chi connectivity index (χ3n) is 4.61. The van der Waals surface area contributed by atoms with E-state index in [1.54, 1.807) is 13.2 Å². The number of nitrogens with zero attached hydrogens (tertiary/aromatic N) is 1. The van der Waals surface area contributed by atoms with Crippen LogP contribution < -0.4 is 14.8 Å². The Balaban J connectivity index is 2.17. The van der Waals surface area contributed by atoms with Crippen LogP contribution in [0, 0.1) is 17.2 Å². The van der Waals surface area contributed by atoms with E-state index in [9.17, 15) is 13.6 Å². The Morgan fingerprint density at radius 3 is 2.27 bits per heavy atom. The second-order valence-corrected chi connectivity index (χ2v) is 7.40. The van der Waals surface area contributed by atoms with E-state index in [2.05, 4.69) is 5.32 Å². The minimum Gasteiger partial charge on any atom is -0.497 e. The molecule has 0 saturated carbocycles. The summed E-state index contributed by atoms with van der Waals surface area (Å²) in [6, 6.07) is 12.6. The molecule has 0 aliphatic rings. The van der Waals surface area contributed by atoms with E-state index >= 15 is 0 Å². The van der Waals surface area contributed by atoms with Crippen LogP contribution in [0.1, 0.15) is 56.3 Å². The van der Waals surface area contributed by atoms with Crippen molar-refractivity contribution in [3.8, 4) is 17.6 Å². The van der Waals surface area contributed by atoms with Crippen molar-refractivity contribution in [2.45, 2.75) is 45.8 Å². The summed E-state index contributed by atoms with van der Waals surface area (Å²) in [6.07, 6.45) is -3.26. The summed E-state index contributed by atoms with van der Waals surface area (Å²) in [4.78, 5) is 12.9. The maximum absolute atomic E-state index is 13.2. The maximum atomic E-state index is 13.2. The summed E-state index contributed by atoms with van der Waals surface area (Å²) in [5, 5.41) is 11.9. The van der Waals surface area contributed by atoms with Gasteiger partial charge in [-0.15, -0.1) is 0 Å². The van der Waals surface area contributed by atoms with Gasteiger partial charge in [0.25, 0.3) is 12.3 Å². The number of halogens is 2. The molecule has 2 unspecified atom stereocenters. The quantitative estimate of drug-likeness (QED) is 0.612. The van der Waals surface area contributed by atoms with Crippen LogP contribution in [-0.4, -0.2) is 19.1 Å². The average molecular weight is 416 g/mol. The number of benzene rings is 2. The normalized spacial score (nSPS) is 12.9. The van der Waals surface area contributed by atoms with Crippen LogP contribution in [-0.2, 0) is 4.79 Å². The van der Waals surface area contributed by atoms with Crippen LogP contribution in [0.5, 0.6) is 11.5 Å². The zero-order valence-corrected chi connectivity index (χ0v) is 17.5. The number of hydrogen-bond acceptors (Lipinski definition) is 4.